The van der Waals surface area contributed by atoms with E-state index < -0.39 is 0 Å². The molecular weight excluding hydrogens is 697 g/mol. The lowest BCUT2D eigenvalue weighted by molar-refractivity contribution is -0.130. The van der Waals surface area contributed by atoms with Gasteiger partial charge in [0.25, 0.3) is 0 Å². The van der Waals surface area contributed by atoms with Crippen molar-refractivity contribution >= 4 is 46.0 Å². The maximum atomic E-state index is 11.7. The molecule has 2 amide bonds. The first-order valence-electron chi connectivity index (χ1n) is 17.8. The Morgan fingerprint density at radius 1 is 0.885 bits per heavy atom. The largest absolute Gasteiger partial charge is 0.481 e. The van der Waals surface area contributed by atoms with Crippen molar-refractivity contribution in [3.63, 3.8) is 0 Å². The predicted octanol–water partition coefficient (Wildman–Crippen LogP) is 6.75. The molecule has 1 atom stereocenters. The van der Waals surface area contributed by atoms with Crippen molar-refractivity contribution in [1.29, 1.82) is 0 Å². The Hall–Kier alpha value is -4.48. The number of rotatable bonds is 11. The van der Waals surface area contributed by atoms with Gasteiger partial charge in [-0.2, -0.15) is 0 Å². The topological polar surface area (TPSA) is 113 Å². The number of benzene rings is 2. The molecule has 0 spiro atoms. The molecule has 270 valence electrons. The van der Waals surface area contributed by atoms with Crippen LogP contribution in [0.5, 0.6) is 5.88 Å². The van der Waals surface area contributed by atoms with Gasteiger partial charge in [-0.1, -0.05) is 65.7 Å². The Balaban J connectivity index is 1.10. The molecule has 2 fully saturated rings. The Kier molecular flexibility index (Phi) is 10.8. The summed E-state index contributed by atoms with van der Waals surface area (Å²) < 4.78 is 7.73. The van der Waals surface area contributed by atoms with Crippen molar-refractivity contribution in [3.05, 3.63) is 88.0 Å². The van der Waals surface area contributed by atoms with E-state index in [9.17, 15) is 9.59 Å². The lowest BCUT2D eigenvalue weighted by Gasteiger charge is -2.31. The zero-order valence-electron chi connectivity index (χ0n) is 29.6. The molecule has 0 saturated carbocycles. The van der Waals surface area contributed by atoms with Gasteiger partial charge in [-0.05, 0) is 43.0 Å². The molecule has 2 aliphatic heterocycles. The van der Waals surface area contributed by atoms with Gasteiger partial charge in [-0.25, -0.2) is 9.97 Å². The smallest absolute Gasteiger partial charge is 0.220 e. The van der Waals surface area contributed by atoms with E-state index in [0.717, 1.165) is 83.4 Å². The number of aromatic nitrogens is 3. The van der Waals surface area contributed by atoms with Gasteiger partial charge < -0.3 is 30.2 Å². The third-order valence-electron chi connectivity index (χ3n) is 10.2. The number of fused-ring (bicyclic) bond motifs is 1. The van der Waals surface area contributed by atoms with Crippen LogP contribution in [-0.2, 0) is 29.7 Å². The summed E-state index contributed by atoms with van der Waals surface area (Å²) in [6.07, 6.45) is 5.45. The molecule has 3 aromatic heterocycles. The van der Waals surface area contributed by atoms with Crippen LogP contribution in [0.4, 0.5) is 0 Å². The van der Waals surface area contributed by atoms with Gasteiger partial charge in [0.15, 0.2) is 0 Å². The van der Waals surface area contributed by atoms with Crippen LogP contribution in [-0.4, -0.2) is 70.1 Å². The number of aryl methyl sites for hydroxylation is 1. The highest BCUT2D eigenvalue weighted by Gasteiger charge is 2.23. The zero-order valence-corrected chi connectivity index (χ0v) is 31.2. The number of likely N-dealkylation sites (tertiary alicyclic amines) is 1. The van der Waals surface area contributed by atoms with Gasteiger partial charge in [0, 0.05) is 105 Å². The lowest BCUT2D eigenvalue weighted by atomic mass is 9.98. The van der Waals surface area contributed by atoms with E-state index in [4.69, 9.17) is 37.9 Å². The summed E-state index contributed by atoms with van der Waals surface area (Å²) in [5.41, 5.74) is 7.60. The second kappa shape index (κ2) is 15.6. The summed E-state index contributed by atoms with van der Waals surface area (Å²) in [5, 5.41) is 12.3. The van der Waals surface area contributed by atoms with Crippen LogP contribution in [0, 0.1) is 0 Å². The number of nitrogens with one attached hydrogen (secondary N) is 3. The van der Waals surface area contributed by atoms with Gasteiger partial charge in [0.1, 0.15) is 5.65 Å². The molecular formula is C40H43Cl2N7O3. The van der Waals surface area contributed by atoms with Crippen molar-refractivity contribution in [2.24, 2.45) is 7.05 Å². The minimum Gasteiger partial charge on any atom is -0.481 e. The summed E-state index contributed by atoms with van der Waals surface area (Å²) in [7, 11) is 3.62. The fraction of sp³-hybridized carbons (Fsp3) is 0.350. The maximum Gasteiger partial charge on any atom is 0.220 e. The highest BCUT2D eigenvalue weighted by atomic mass is 35.5. The molecule has 5 aromatic rings. The molecule has 0 aliphatic carbocycles. The van der Waals surface area contributed by atoms with Gasteiger partial charge in [-0.3, -0.25) is 9.59 Å². The van der Waals surface area contributed by atoms with Crippen LogP contribution in [0.1, 0.15) is 43.7 Å². The fourth-order valence-electron chi connectivity index (χ4n) is 7.29. The summed E-state index contributed by atoms with van der Waals surface area (Å²) >= 11 is 14.3. The monoisotopic (exact) mass is 739 g/mol. The fourth-order valence-corrected chi connectivity index (χ4v) is 7.94. The Bertz CT molecular complexity index is 2130. The average molecular weight is 741 g/mol. The first-order valence-corrected chi connectivity index (χ1v) is 18.5. The quantitative estimate of drug-likeness (QED) is 0.137. The van der Waals surface area contributed by atoms with Crippen LogP contribution in [0.3, 0.4) is 0 Å². The van der Waals surface area contributed by atoms with E-state index in [1.165, 1.54) is 5.56 Å². The Morgan fingerprint density at radius 3 is 2.17 bits per heavy atom. The third kappa shape index (κ3) is 7.52. The number of carbonyl (C=O) groups excluding carboxylic acids is 2. The molecule has 52 heavy (non-hydrogen) atoms. The summed E-state index contributed by atoms with van der Waals surface area (Å²) in [4.78, 5) is 35.1. The molecule has 2 aliphatic rings. The number of methoxy groups -OCH3 is 1. The number of nitrogens with zero attached hydrogens (tertiary/aromatic N) is 4. The maximum absolute atomic E-state index is 11.7. The minimum atomic E-state index is 0.103. The number of carbonyl (C=O) groups is 2. The van der Waals surface area contributed by atoms with Crippen LogP contribution < -0.4 is 20.7 Å². The Morgan fingerprint density at radius 2 is 1.54 bits per heavy atom. The molecule has 12 heteroatoms. The predicted molar refractivity (Wildman–Crippen MR) is 206 cm³/mol. The molecule has 0 radical (unpaired) electrons. The second-order valence-electron chi connectivity index (χ2n) is 13.6. The van der Waals surface area contributed by atoms with Crippen molar-refractivity contribution < 1.29 is 14.3 Å². The number of hydrogen-bond acceptors (Lipinski definition) is 7. The van der Waals surface area contributed by atoms with Crippen molar-refractivity contribution in [2.45, 2.75) is 57.8 Å². The van der Waals surface area contributed by atoms with E-state index in [-0.39, 0.29) is 17.9 Å². The van der Waals surface area contributed by atoms with Crippen molar-refractivity contribution in [2.75, 3.05) is 26.7 Å². The minimum absolute atomic E-state index is 0.103. The van der Waals surface area contributed by atoms with E-state index >= 15 is 0 Å². The molecule has 2 saturated heterocycles. The van der Waals surface area contributed by atoms with Crippen LogP contribution in [0.15, 0.2) is 66.9 Å². The number of ether oxygens (including phenoxy) is 1. The number of pyridine rings is 2. The van der Waals surface area contributed by atoms with E-state index in [1.807, 2.05) is 66.5 Å². The normalized spacial score (nSPS) is 16.4. The molecule has 7 rings (SSSR count). The second-order valence-corrected chi connectivity index (χ2v) is 14.4. The van der Waals surface area contributed by atoms with Crippen molar-refractivity contribution in [3.8, 4) is 39.5 Å². The number of amides is 2. The SMILES string of the molecule is COc1nc(-c2cccc(-c3cccc(-c4ccc5c(CNC6CCN(C(C)=O)CC6)cn(C)c5n4)c3Cl)c2Cl)ccc1CNC[C@@H]1CCC(=O)N1. The standard InChI is InChI=1S/C40H43Cl2N7O3/c1-24(50)49-18-16-27(17-19-49)44-21-26-23-48(2)39-29(26)12-14-34(46-39)32-8-4-6-30(37(32)41)31-7-5-9-33(38(31)42)35-13-10-25(40(47-35)52-3)20-43-22-28-11-15-36(51)45-28/h4-10,12-14,23,27-28,43-44H,11,15-22H2,1-3H3,(H,45,51)/t28-/m0/s1. The van der Waals surface area contributed by atoms with Crippen molar-refractivity contribution in [1.82, 2.24) is 35.4 Å². The average Bonchev–Trinajstić information content (AvgIpc) is 3.72. The van der Waals surface area contributed by atoms with Gasteiger partial charge >= 0.3 is 0 Å². The van der Waals surface area contributed by atoms with Crippen LogP contribution >= 0.6 is 23.2 Å². The third-order valence-corrected chi connectivity index (χ3v) is 11.0. The summed E-state index contributed by atoms with van der Waals surface area (Å²) in [5.74, 6) is 0.763. The van der Waals surface area contributed by atoms with E-state index in [2.05, 4.69) is 32.8 Å². The van der Waals surface area contributed by atoms with Crippen LogP contribution in [0.25, 0.3) is 44.7 Å². The van der Waals surface area contributed by atoms with Gasteiger partial charge in [0.2, 0.25) is 17.7 Å². The first-order chi connectivity index (χ1) is 25.2. The highest BCUT2D eigenvalue weighted by molar-refractivity contribution is 6.39. The molecule has 2 aromatic carbocycles. The van der Waals surface area contributed by atoms with E-state index in [0.29, 0.717) is 47.2 Å². The highest BCUT2D eigenvalue weighted by Crippen LogP contribution is 2.42. The lowest BCUT2D eigenvalue weighted by Crippen LogP contribution is -2.43. The van der Waals surface area contributed by atoms with Gasteiger partial charge in [-0.15, -0.1) is 0 Å². The number of piperidine rings is 1. The molecule has 3 N–H and O–H groups in total. The summed E-state index contributed by atoms with van der Waals surface area (Å²) in [6, 6.07) is 20.4. The molecule has 0 bridgehead atoms. The number of halogens is 2. The van der Waals surface area contributed by atoms with Crippen LogP contribution in [0.2, 0.25) is 10.0 Å². The Labute approximate surface area is 313 Å². The molecule has 10 nitrogen and oxygen atoms in total. The first kappa shape index (κ1) is 35.9. The van der Waals surface area contributed by atoms with Gasteiger partial charge in [0.05, 0.1) is 28.5 Å². The summed E-state index contributed by atoms with van der Waals surface area (Å²) in [6.45, 7) is 5.20. The molecule has 0 unspecified atom stereocenters. The molecule has 5 heterocycles. The zero-order chi connectivity index (χ0) is 36.4. The van der Waals surface area contributed by atoms with E-state index in [1.54, 1.807) is 14.0 Å². The number of hydrogen-bond donors (Lipinski definition) is 3.